The molecule has 0 spiro atoms. The van der Waals surface area contributed by atoms with Crippen molar-refractivity contribution in [2.75, 3.05) is 0 Å². The van der Waals surface area contributed by atoms with E-state index in [1.807, 2.05) is 0 Å². The van der Waals surface area contributed by atoms with Crippen molar-refractivity contribution in [3.8, 4) is 5.75 Å². The Morgan fingerprint density at radius 2 is 2.05 bits per heavy atom. The zero-order valence-electron chi connectivity index (χ0n) is 9.85. The molecule has 0 unspecified atom stereocenters. The van der Waals surface area contributed by atoms with Crippen LogP contribution in [-0.4, -0.2) is 9.91 Å². The monoisotopic (exact) mass is 300 g/mol. The van der Waals surface area contributed by atoms with Crippen LogP contribution < -0.4 is 4.74 Å². The van der Waals surface area contributed by atoms with Gasteiger partial charge in [0.25, 0.3) is 0 Å². The van der Waals surface area contributed by atoms with E-state index in [4.69, 9.17) is 16.3 Å². The predicted octanol–water partition coefficient (Wildman–Crippen LogP) is 3.50. The van der Waals surface area contributed by atoms with Gasteiger partial charge in [0.05, 0.1) is 16.7 Å². The van der Waals surface area contributed by atoms with Crippen LogP contribution in [0.3, 0.4) is 0 Å². The number of pyridine rings is 1. The molecule has 0 aliphatic rings. The van der Waals surface area contributed by atoms with Gasteiger partial charge in [0.1, 0.15) is 11.8 Å². The van der Waals surface area contributed by atoms with Crippen molar-refractivity contribution in [1.29, 1.82) is 0 Å². The van der Waals surface area contributed by atoms with Gasteiger partial charge in [-0.2, -0.15) is 4.39 Å². The maximum atomic E-state index is 13.5. The zero-order valence-corrected chi connectivity index (χ0v) is 10.6. The molecule has 0 bridgehead atoms. The Labute approximate surface area is 116 Å². The van der Waals surface area contributed by atoms with Crippen molar-refractivity contribution in [2.24, 2.45) is 0 Å². The molecule has 2 aromatic rings. The maximum absolute atomic E-state index is 13.5. The van der Waals surface area contributed by atoms with E-state index in [0.717, 1.165) is 0 Å². The third-order valence-corrected chi connectivity index (χ3v) is 2.56. The summed E-state index contributed by atoms with van der Waals surface area (Å²) in [6, 6.07) is 5.86. The van der Waals surface area contributed by atoms with E-state index in [-0.39, 0.29) is 11.8 Å². The second-order valence-electron chi connectivity index (χ2n) is 3.73. The molecule has 0 aliphatic carbocycles. The zero-order chi connectivity index (χ0) is 14.7. The van der Waals surface area contributed by atoms with Gasteiger partial charge >= 0.3 is 5.69 Å². The standard InChI is InChI=1S/C12H7ClF2N2O3/c13-12-3-1-2-7(16-12)6-20-11-5-8(14)10(17(18)19)4-9(11)15/h1-5H,6H2. The Bertz CT molecular complexity index is 667. The van der Waals surface area contributed by atoms with Crippen LogP contribution in [0.2, 0.25) is 5.15 Å². The van der Waals surface area contributed by atoms with Gasteiger partial charge in [0.2, 0.25) is 5.82 Å². The third-order valence-electron chi connectivity index (χ3n) is 2.35. The van der Waals surface area contributed by atoms with Crippen LogP contribution in [0.25, 0.3) is 0 Å². The summed E-state index contributed by atoms with van der Waals surface area (Å²) in [4.78, 5) is 13.3. The van der Waals surface area contributed by atoms with E-state index >= 15 is 0 Å². The average molecular weight is 301 g/mol. The lowest BCUT2D eigenvalue weighted by atomic mass is 10.3. The largest absolute Gasteiger partial charge is 0.484 e. The fraction of sp³-hybridized carbons (Fsp3) is 0.0833. The number of nitrogens with zero attached hydrogens (tertiary/aromatic N) is 2. The SMILES string of the molecule is O=[N+]([O-])c1cc(F)c(OCc2cccc(Cl)n2)cc1F. The Hall–Kier alpha value is -2.28. The molecule has 0 N–H and O–H groups in total. The molecule has 1 aromatic heterocycles. The maximum Gasteiger partial charge on any atom is 0.307 e. The Balaban J connectivity index is 2.18. The molecular formula is C12H7ClF2N2O3. The molecule has 0 fully saturated rings. The Kier molecular flexibility index (Phi) is 4.09. The van der Waals surface area contributed by atoms with Crippen LogP contribution in [0.4, 0.5) is 14.5 Å². The number of nitro groups is 1. The number of ether oxygens (including phenoxy) is 1. The lowest BCUT2D eigenvalue weighted by Gasteiger charge is -2.07. The Morgan fingerprint density at radius 1 is 1.30 bits per heavy atom. The lowest BCUT2D eigenvalue weighted by Crippen LogP contribution is -2.02. The highest BCUT2D eigenvalue weighted by molar-refractivity contribution is 6.29. The predicted molar refractivity (Wildman–Crippen MR) is 66.6 cm³/mol. The molecule has 2 rings (SSSR count). The van der Waals surface area contributed by atoms with E-state index in [1.54, 1.807) is 18.2 Å². The molecule has 0 saturated heterocycles. The van der Waals surface area contributed by atoms with E-state index < -0.39 is 28.0 Å². The minimum absolute atomic E-state index is 0.144. The molecule has 1 aromatic carbocycles. The van der Waals surface area contributed by atoms with Gasteiger partial charge in [-0.3, -0.25) is 10.1 Å². The van der Waals surface area contributed by atoms with E-state index in [1.165, 1.54) is 0 Å². The van der Waals surface area contributed by atoms with Gasteiger partial charge in [0, 0.05) is 6.07 Å². The molecule has 0 saturated carbocycles. The van der Waals surface area contributed by atoms with Crippen molar-refractivity contribution in [3.05, 3.63) is 62.9 Å². The first-order valence-electron chi connectivity index (χ1n) is 5.35. The van der Waals surface area contributed by atoms with Gasteiger partial charge < -0.3 is 4.74 Å². The topological polar surface area (TPSA) is 65.3 Å². The summed E-state index contributed by atoms with van der Waals surface area (Å²) in [5, 5.41) is 10.7. The van der Waals surface area contributed by atoms with Gasteiger partial charge in [0.15, 0.2) is 11.6 Å². The minimum atomic E-state index is -1.18. The summed E-state index contributed by atoms with van der Waals surface area (Å²) in [6.07, 6.45) is 0. The summed E-state index contributed by atoms with van der Waals surface area (Å²) in [5.74, 6) is -2.64. The molecule has 0 amide bonds. The van der Waals surface area contributed by atoms with Crippen molar-refractivity contribution in [3.63, 3.8) is 0 Å². The number of benzene rings is 1. The van der Waals surface area contributed by atoms with E-state index in [0.29, 0.717) is 17.8 Å². The normalized spacial score (nSPS) is 10.3. The van der Waals surface area contributed by atoms with Crippen molar-refractivity contribution < 1.29 is 18.4 Å². The summed E-state index contributed by atoms with van der Waals surface area (Å²) < 4.78 is 31.9. The first-order chi connectivity index (χ1) is 9.47. The van der Waals surface area contributed by atoms with Gasteiger partial charge in [-0.25, -0.2) is 9.37 Å². The molecule has 20 heavy (non-hydrogen) atoms. The molecule has 8 heteroatoms. The average Bonchev–Trinajstić information content (AvgIpc) is 2.39. The molecule has 0 aliphatic heterocycles. The molecule has 5 nitrogen and oxygen atoms in total. The van der Waals surface area contributed by atoms with E-state index in [9.17, 15) is 18.9 Å². The quantitative estimate of drug-likeness (QED) is 0.492. The van der Waals surface area contributed by atoms with E-state index in [2.05, 4.69) is 4.98 Å². The molecule has 104 valence electrons. The number of hydrogen-bond acceptors (Lipinski definition) is 4. The lowest BCUT2D eigenvalue weighted by molar-refractivity contribution is -0.387. The molecule has 0 radical (unpaired) electrons. The number of nitro benzene ring substituents is 1. The summed E-state index contributed by atoms with van der Waals surface area (Å²) in [5.41, 5.74) is -0.536. The van der Waals surface area contributed by atoms with Crippen LogP contribution >= 0.6 is 11.6 Å². The van der Waals surface area contributed by atoms with Crippen molar-refractivity contribution in [1.82, 2.24) is 4.98 Å². The fourth-order valence-electron chi connectivity index (χ4n) is 1.45. The first kappa shape index (κ1) is 14.1. The Morgan fingerprint density at radius 3 is 2.70 bits per heavy atom. The fourth-order valence-corrected chi connectivity index (χ4v) is 1.63. The minimum Gasteiger partial charge on any atom is -0.484 e. The highest BCUT2D eigenvalue weighted by atomic mass is 35.5. The highest BCUT2D eigenvalue weighted by Gasteiger charge is 2.19. The molecule has 1 heterocycles. The number of aromatic nitrogens is 1. The van der Waals surface area contributed by atoms with Crippen LogP contribution in [0.1, 0.15) is 5.69 Å². The number of halogens is 3. The summed E-state index contributed by atoms with van der Waals surface area (Å²) in [7, 11) is 0. The highest BCUT2D eigenvalue weighted by Crippen LogP contribution is 2.26. The third kappa shape index (κ3) is 3.18. The van der Waals surface area contributed by atoms with Crippen molar-refractivity contribution in [2.45, 2.75) is 6.61 Å². The van der Waals surface area contributed by atoms with Crippen LogP contribution in [-0.2, 0) is 6.61 Å². The number of hydrogen-bond donors (Lipinski definition) is 0. The van der Waals surface area contributed by atoms with Crippen LogP contribution in [0.15, 0.2) is 30.3 Å². The van der Waals surface area contributed by atoms with Gasteiger partial charge in [-0.1, -0.05) is 17.7 Å². The van der Waals surface area contributed by atoms with Gasteiger partial charge in [-0.05, 0) is 12.1 Å². The number of rotatable bonds is 4. The molecular weight excluding hydrogens is 294 g/mol. The second-order valence-corrected chi connectivity index (χ2v) is 4.12. The van der Waals surface area contributed by atoms with Gasteiger partial charge in [-0.15, -0.1) is 0 Å². The summed E-state index contributed by atoms with van der Waals surface area (Å²) >= 11 is 5.66. The molecule has 0 atom stereocenters. The smallest absolute Gasteiger partial charge is 0.307 e. The van der Waals surface area contributed by atoms with Crippen LogP contribution in [0.5, 0.6) is 5.75 Å². The van der Waals surface area contributed by atoms with Crippen molar-refractivity contribution >= 4 is 17.3 Å². The second kappa shape index (κ2) is 5.79. The summed E-state index contributed by atoms with van der Waals surface area (Å²) in [6.45, 7) is -0.144. The first-order valence-corrected chi connectivity index (χ1v) is 5.73. The van der Waals surface area contributed by atoms with Crippen LogP contribution in [0, 0.1) is 21.7 Å².